The van der Waals surface area contributed by atoms with Crippen LogP contribution in [-0.4, -0.2) is 12.9 Å². The normalized spacial score (nSPS) is 31.8. The smallest absolute Gasteiger partial charge is 0.196 e. The van der Waals surface area contributed by atoms with Gasteiger partial charge in [-0.2, -0.15) is 0 Å². The Balaban J connectivity index is 1.44. The van der Waals surface area contributed by atoms with Gasteiger partial charge in [-0.15, -0.1) is 0 Å². The monoisotopic (exact) mass is 358 g/mol. The van der Waals surface area contributed by atoms with Gasteiger partial charge in [0.1, 0.15) is 5.75 Å². The second kappa shape index (κ2) is 7.54. The van der Waals surface area contributed by atoms with E-state index in [4.69, 9.17) is 9.47 Å². The third-order valence-electron chi connectivity index (χ3n) is 8.16. The Morgan fingerprint density at radius 1 is 1.12 bits per heavy atom. The average Bonchev–Trinajstić information content (AvgIpc) is 2.95. The minimum absolute atomic E-state index is 0.191. The van der Waals surface area contributed by atoms with Crippen molar-refractivity contribution in [1.82, 2.24) is 0 Å². The van der Waals surface area contributed by atoms with E-state index < -0.39 is 0 Å². The van der Waals surface area contributed by atoms with Crippen molar-refractivity contribution in [3.05, 3.63) is 29.8 Å². The molecule has 0 heterocycles. The molecule has 1 aromatic rings. The molecule has 0 radical (unpaired) electrons. The fourth-order valence-corrected chi connectivity index (χ4v) is 5.52. The van der Waals surface area contributed by atoms with Crippen LogP contribution in [0.3, 0.4) is 0 Å². The average molecular weight is 359 g/mol. The Morgan fingerprint density at radius 3 is 2.35 bits per heavy atom. The van der Waals surface area contributed by atoms with Crippen LogP contribution in [0.25, 0.3) is 0 Å². The highest BCUT2D eigenvalue weighted by atomic mass is 16.7. The summed E-state index contributed by atoms with van der Waals surface area (Å²) >= 11 is 0. The maximum absolute atomic E-state index is 6.01. The van der Waals surface area contributed by atoms with Crippen molar-refractivity contribution in [2.45, 2.75) is 85.9 Å². The van der Waals surface area contributed by atoms with E-state index in [0.717, 1.165) is 37.0 Å². The van der Waals surface area contributed by atoms with Gasteiger partial charge in [0, 0.05) is 0 Å². The highest BCUT2D eigenvalue weighted by Crippen LogP contribution is 2.68. The van der Waals surface area contributed by atoms with Crippen LogP contribution in [0.4, 0.5) is 0 Å². The summed E-state index contributed by atoms with van der Waals surface area (Å²) in [5, 5.41) is 0. The molecule has 26 heavy (non-hydrogen) atoms. The number of benzene rings is 1. The zero-order chi connectivity index (χ0) is 18.9. The summed E-state index contributed by atoms with van der Waals surface area (Å²) < 4.78 is 12.0. The maximum Gasteiger partial charge on any atom is 0.196 e. The van der Waals surface area contributed by atoms with Gasteiger partial charge >= 0.3 is 0 Å². The van der Waals surface area contributed by atoms with E-state index >= 15 is 0 Å². The van der Waals surface area contributed by atoms with Crippen molar-refractivity contribution in [2.75, 3.05) is 6.61 Å². The van der Waals surface area contributed by atoms with Gasteiger partial charge in [0.15, 0.2) is 6.29 Å². The van der Waals surface area contributed by atoms with Crippen molar-refractivity contribution in [1.29, 1.82) is 0 Å². The maximum atomic E-state index is 6.01. The number of rotatable bonds is 8. The summed E-state index contributed by atoms with van der Waals surface area (Å²) in [6, 6.07) is 8.49. The molecular weight excluding hydrogens is 320 g/mol. The molecule has 1 aromatic carbocycles. The molecule has 0 amide bonds. The van der Waals surface area contributed by atoms with E-state index in [-0.39, 0.29) is 6.29 Å². The lowest BCUT2D eigenvalue weighted by Gasteiger charge is -2.39. The standard InChI is InChI=1S/C24H38O2/c1-7-17(2)19-8-10-22(11-9-19)26-18(3)25-15-13-21-16-20-12-14-24(21,6)23(20,4)5/h8-11,17-18,20-21H,7,12-16H2,1-6H3. The van der Waals surface area contributed by atoms with E-state index in [1.807, 2.05) is 6.92 Å². The van der Waals surface area contributed by atoms with Crippen LogP contribution >= 0.6 is 0 Å². The lowest BCUT2D eigenvalue weighted by Crippen LogP contribution is -2.33. The molecule has 2 aliphatic carbocycles. The Morgan fingerprint density at radius 2 is 1.81 bits per heavy atom. The Hall–Kier alpha value is -1.02. The molecule has 5 unspecified atom stereocenters. The van der Waals surface area contributed by atoms with Gasteiger partial charge in [-0.05, 0) is 85.3 Å². The number of fused-ring (bicyclic) bond motifs is 2. The molecule has 0 aromatic heterocycles. The van der Waals surface area contributed by atoms with E-state index in [2.05, 4.69) is 58.9 Å². The van der Waals surface area contributed by atoms with E-state index in [0.29, 0.717) is 16.7 Å². The van der Waals surface area contributed by atoms with E-state index in [1.54, 1.807) is 0 Å². The van der Waals surface area contributed by atoms with Crippen LogP contribution in [0.15, 0.2) is 24.3 Å². The SMILES string of the molecule is CCC(C)c1ccc(OC(C)OCCC2CC3CCC2(C)C3(C)C)cc1. The molecule has 2 heteroatoms. The third kappa shape index (κ3) is 3.54. The molecule has 5 atom stereocenters. The van der Waals surface area contributed by atoms with Crippen molar-refractivity contribution < 1.29 is 9.47 Å². The number of hydrogen-bond donors (Lipinski definition) is 0. The molecule has 2 nitrogen and oxygen atoms in total. The highest BCUT2D eigenvalue weighted by Gasteiger charge is 2.60. The van der Waals surface area contributed by atoms with Crippen molar-refractivity contribution in [2.24, 2.45) is 22.7 Å². The zero-order valence-corrected chi connectivity index (χ0v) is 17.7. The van der Waals surface area contributed by atoms with Crippen LogP contribution in [0.5, 0.6) is 5.75 Å². The molecule has 0 aliphatic heterocycles. The second-order valence-electron chi connectivity index (χ2n) is 9.53. The van der Waals surface area contributed by atoms with Crippen LogP contribution in [0.1, 0.15) is 85.1 Å². The second-order valence-corrected chi connectivity index (χ2v) is 9.53. The fourth-order valence-electron chi connectivity index (χ4n) is 5.52. The van der Waals surface area contributed by atoms with Crippen LogP contribution in [0.2, 0.25) is 0 Å². The van der Waals surface area contributed by atoms with Crippen molar-refractivity contribution in [3.8, 4) is 5.75 Å². The number of ether oxygens (including phenoxy) is 2. The summed E-state index contributed by atoms with van der Waals surface area (Å²) in [6.07, 6.45) is 6.34. The van der Waals surface area contributed by atoms with Gasteiger partial charge in [0.25, 0.3) is 0 Å². The van der Waals surface area contributed by atoms with E-state index in [9.17, 15) is 0 Å². The molecule has 2 fully saturated rings. The molecule has 146 valence electrons. The Kier molecular flexibility index (Phi) is 5.72. The molecule has 0 saturated heterocycles. The molecule has 2 saturated carbocycles. The lowest BCUT2D eigenvalue weighted by molar-refractivity contribution is -0.0751. The van der Waals surface area contributed by atoms with Gasteiger partial charge in [0.05, 0.1) is 6.61 Å². The largest absolute Gasteiger partial charge is 0.465 e. The first-order valence-electron chi connectivity index (χ1n) is 10.7. The van der Waals surface area contributed by atoms with Gasteiger partial charge < -0.3 is 9.47 Å². The molecule has 3 rings (SSSR count). The van der Waals surface area contributed by atoms with Gasteiger partial charge in [-0.25, -0.2) is 0 Å². The first-order valence-corrected chi connectivity index (χ1v) is 10.7. The molecule has 2 bridgehead atoms. The van der Waals surface area contributed by atoms with E-state index in [1.165, 1.54) is 24.8 Å². The highest BCUT2D eigenvalue weighted by molar-refractivity contribution is 5.29. The zero-order valence-electron chi connectivity index (χ0n) is 17.7. The molecule has 0 N–H and O–H groups in total. The van der Waals surface area contributed by atoms with Gasteiger partial charge in [0.2, 0.25) is 0 Å². The molecular formula is C24H38O2. The minimum atomic E-state index is -0.191. The fraction of sp³-hybridized carbons (Fsp3) is 0.750. The first-order chi connectivity index (χ1) is 12.3. The summed E-state index contributed by atoms with van der Waals surface area (Å²) in [4.78, 5) is 0. The summed E-state index contributed by atoms with van der Waals surface area (Å²) in [7, 11) is 0. The number of hydrogen-bond acceptors (Lipinski definition) is 2. The quantitative estimate of drug-likeness (QED) is 0.476. The van der Waals surface area contributed by atoms with Gasteiger partial charge in [-0.3, -0.25) is 0 Å². The Labute approximate surface area is 160 Å². The summed E-state index contributed by atoms with van der Waals surface area (Å²) in [5.74, 6) is 3.22. The third-order valence-corrected chi connectivity index (χ3v) is 8.16. The minimum Gasteiger partial charge on any atom is -0.465 e. The topological polar surface area (TPSA) is 18.5 Å². The van der Waals surface area contributed by atoms with Crippen LogP contribution in [-0.2, 0) is 4.74 Å². The lowest BCUT2D eigenvalue weighted by atomic mass is 9.66. The molecule has 0 spiro atoms. The van der Waals surface area contributed by atoms with Crippen molar-refractivity contribution >= 4 is 0 Å². The molecule has 2 aliphatic rings. The predicted molar refractivity (Wildman–Crippen MR) is 109 cm³/mol. The first kappa shape index (κ1) is 19.7. The van der Waals surface area contributed by atoms with Crippen molar-refractivity contribution in [3.63, 3.8) is 0 Å². The van der Waals surface area contributed by atoms with Crippen LogP contribution in [0, 0.1) is 22.7 Å². The summed E-state index contributed by atoms with van der Waals surface area (Å²) in [5.41, 5.74) is 2.37. The van der Waals surface area contributed by atoms with Gasteiger partial charge in [-0.1, -0.05) is 46.8 Å². The predicted octanol–water partition coefficient (Wildman–Crippen LogP) is 6.79. The Bertz CT molecular complexity index is 591. The summed E-state index contributed by atoms with van der Waals surface area (Å²) in [6.45, 7) is 14.8. The van der Waals surface area contributed by atoms with Crippen LogP contribution < -0.4 is 4.74 Å².